The van der Waals surface area contributed by atoms with Crippen LogP contribution in [0.3, 0.4) is 0 Å². The molecule has 3 aromatic rings. The lowest BCUT2D eigenvalue weighted by Gasteiger charge is -2.18. The van der Waals surface area contributed by atoms with Gasteiger partial charge < -0.3 is 4.90 Å². The lowest BCUT2D eigenvalue weighted by Crippen LogP contribution is -2.21. The van der Waals surface area contributed by atoms with E-state index in [0.717, 1.165) is 34.9 Å². The molecule has 5 heteroatoms. The highest BCUT2D eigenvalue weighted by molar-refractivity contribution is 5.92. The van der Waals surface area contributed by atoms with E-state index >= 15 is 0 Å². The van der Waals surface area contributed by atoms with Gasteiger partial charge in [-0.15, -0.1) is 10.2 Å². The second-order valence-electron chi connectivity index (χ2n) is 4.35. The van der Waals surface area contributed by atoms with E-state index in [1.54, 1.807) is 0 Å². The molecule has 5 nitrogen and oxygen atoms in total. The molecule has 1 aromatic carbocycles. The van der Waals surface area contributed by atoms with Gasteiger partial charge in [-0.3, -0.25) is 0 Å². The summed E-state index contributed by atoms with van der Waals surface area (Å²) in [4.78, 5) is 6.81. The van der Waals surface area contributed by atoms with Gasteiger partial charge in [0.15, 0.2) is 5.65 Å². The highest BCUT2D eigenvalue weighted by atomic mass is 15.3. The molecule has 0 radical (unpaired) electrons. The van der Waals surface area contributed by atoms with E-state index in [1.807, 2.05) is 42.6 Å². The minimum absolute atomic E-state index is 0.860. The SMILES string of the molecule is CCN(C)c1nc2ccccc2c2nnc(C)n12. The number of aromatic nitrogens is 4. The van der Waals surface area contributed by atoms with E-state index in [9.17, 15) is 0 Å². The molecule has 0 saturated heterocycles. The normalized spacial score (nSPS) is 11.3. The van der Waals surface area contributed by atoms with E-state index in [-0.39, 0.29) is 0 Å². The van der Waals surface area contributed by atoms with Crippen molar-refractivity contribution in [1.29, 1.82) is 0 Å². The topological polar surface area (TPSA) is 46.3 Å². The number of para-hydroxylation sites is 1. The van der Waals surface area contributed by atoms with Crippen molar-refractivity contribution in [1.82, 2.24) is 19.6 Å². The zero-order valence-corrected chi connectivity index (χ0v) is 10.8. The van der Waals surface area contributed by atoms with Crippen LogP contribution in [0.2, 0.25) is 0 Å². The van der Waals surface area contributed by atoms with Crippen LogP contribution in [-0.2, 0) is 0 Å². The summed E-state index contributed by atoms with van der Waals surface area (Å²) in [6.07, 6.45) is 0. The fraction of sp³-hybridized carbons (Fsp3) is 0.308. The maximum atomic E-state index is 4.72. The second kappa shape index (κ2) is 3.94. The quantitative estimate of drug-likeness (QED) is 0.689. The number of hydrogen-bond donors (Lipinski definition) is 0. The summed E-state index contributed by atoms with van der Waals surface area (Å²) in [5.74, 6) is 1.74. The number of benzene rings is 1. The third-order valence-corrected chi connectivity index (χ3v) is 3.21. The first-order valence-electron chi connectivity index (χ1n) is 6.04. The van der Waals surface area contributed by atoms with Crippen molar-refractivity contribution in [2.75, 3.05) is 18.5 Å². The molecule has 0 spiro atoms. The van der Waals surface area contributed by atoms with Crippen molar-refractivity contribution in [2.45, 2.75) is 13.8 Å². The van der Waals surface area contributed by atoms with Crippen LogP contribution < -0.4 is 4.90 Å². The maximum absolute atomic E-state index is 4.72. The molecule has 0 atom stereocenters. The van der Waals surface area contributed by atoms with Gasteiger partial charge in [0.25, 0.3) is 0 Å². The lowest BCUT2D eigenvalue weighted by atomic mass is 10.2. The average molecular weight is 241 g/mol. The summed E-state index contributed by atoms with van der Waals surface area (Å²) in [5, 5.41) is 9.47. The van der Waals surface area contributed by atoms with Crippen LogP contribution in [0.15, 0.2) is 24.3 Å². The van der Waals surface area contributed by atoms with Crippen LogP contribution in [0.25, 0.3) is 16.6 Å². The molecule has 0 saturated carbocycles. The Balaban J connectivity index is 2.48. The molecular weight excluding hydrogens is 226 g/mol. The number of fused-ring (bicyclic) bond motifs is 3. The zero-order valence-electron chi connectivity index (χ0n) is 10.8. The summed E-state index contributed by atoms with van der Waals surface area (Å²) in [5.41, 5.74) is 1.82. The Kier molecular flexibility index (Phi) is 2.40. The molecule has 0 aliphatic carbocycles. The molecule has 3 rings (SSSR count). The van der Waals surface area contributed by atoms with Crippen LogP contribution in [0, 0.1) is 6.92 Å². The number of hydrogen-bond acceptors (Lipinski definition) is 4. The van der Waals surface area contributed by atoms with Gasteiger partial charge in [-0.2, -0.15) is 0 Å². The Morgan fingerprint density at radius 2 is 2.00 bits per heavy atom. The van der Waals surface area contributed by atoms with Crippen molar-refractivity contribution in [3.05, 3.63) is 30.1 Å². The molecule has 2 aromatic heterocycles. The standard InChI is InChI=1S/C13H15N5/c1-4-17(3)13-14-11-8-6-5-7-10(11)12-16-15-9(2)18(12)13/h5-8H,4H2,1-3H3. The Morgan fingerprint density at radius 3 is 2.78 bits per heavy atom. The highest BCUT2D eigenvalue weighted by Gasteiger charge is 2.14. The molecule has 92 valence electrons. The van der Waals surface area contributed by atoms with E-state index < -0.39 is 0 Å². The van der Waals surface area contributed by atoms with Gasteiger partial charge in [0, 0.05) is 19.0 Å². The smallest absolute Gasteiger partial charge is 0.213 e. The minimum Gasteiger partial charge on any atom is -0.345 e. The second-order valence-corrected chi connectivity index (χ2v) is 4.35. The summed E-state index contributed by atoms with van der Waals surface area (Å²) >= 11 is 0. The van der Waals surface area contributed by atoms with Crippen LogP contribution in [0.5, 0.6) is 0 Å². The molecule has 0 amide bonds. The van der Waals surface area contributed by atoms with Crippen LogP contribution >= 0.6 is 0 Å². The van der Waals surface area contributed by atoms with Crippen LogP contribution in [0.1, 0.15) is 12.7 Å². The molecule has 0 N–H and O–H groups in total. The van der Waals surface area contributed by atoms with E-state index in [4.69, 9.17) is 4.98 Å². The number of rotatable bonds is 2. The molecule has 0 aliphatic rings. The fourth-order valence-corrected chi connectivity index (χ4v) is 2.09. The Morgan fingerprint density at radius 1 is 1.22 bits per heavy atom. The van der Waals surface area contributed by atoms with Crippen LogP contribution in [-0.4, -0.2) is 33.2 Å². The van der Waals surface area contributed by atoms with Gasteiger partial charge >= 0.3 is 0 Å². The average Bonchev–Trinajstić information content (AvgIpc) is 2.80. The first kappa shape index (κ1) is 11.0. The molecule has 0 aliphatic heterocycles. The summed E-state index contributed by atoms with van der Waals surface area (Å²) in [6.45, 7) is 4.93. The predicted molar refractivity (Wildman–Crippen MR) is 72.0 cm³/mol. The molecule has 18 heavy (non-hydrogen) atoms. The van der Waals surface area contributed by atoms with Gasteiger partial charge in [0.05, 0.1) is 5.52 Å². The third kappa shape index (κ3) is 1.44. The highest BCUT2D eigenvalue weighted by Crippen LogP contribution is 2.22. The van der Waals surface area contributed by atoms with Crippen LogP contribution in [0.4, 0.5) is 5.95 Å². The Labute approximate surface area is 105 Å². The number of nitrogens with zero attached hydrogens (tertiary/aromatic N) is 5. The lowest BCUT2D eigenvalue weighted by molar-refractivity contribution is 0.871. The first-order valence-corrected chi connectivity index (χ1v) is 6.04. The van der Waals surface area contributed by atoms with E-state index in [2.05, 4.69) is 22.0 Å². The van der Waals surface area contributed by atoms with E-state index in [1.165, 1.54) is 0 Å². The molecular formula is C13H15N5. The van der Waals surface area contributed by atoms with E-state index in [0.29, 0.717) is 0 Å². The van der Waals surface area contributed by atoms with Crippen molar-refractivity contribution >= 4 is 22.5 Å². The number of anilines is 1. The summed E-state index contributed by atoms with van der Waals surface area (Å²) in [6, 6.07) is 8.02. The van der Waals surface area contributed by atoms with Gasteiger partial charge in [0.1, 0.15) is 5.82 Å². The number of aryl methyl sites for hydroxylation is 1. The summed E-state index contributed by atoms with van der Waals surface area (Å²) in [7, 11) is 2.02. The molecule has 0 fully saturated rings. The summed E-state index contributed by atoms with van der Waals surface area (Å²) < 4.78 is 2.01. The van der Waals surface area contributed by atoms with Gasteiger partial charge in [-0.05, 0) is 26.0 Å². The predicted octanol–water partition coefficient (Wildman–Crippen LogP) is 2.04. The van der Waals surface area contributed by atoms with Crippen molar-refractivity contribution in [3.63, 3.8) is 0 Å². The van der Waals surface area contributed by atoms with Gasteiger partial charge in [0.2, 0.25) is 5.95 Å². The monoisotopic (exact) mass is 241 g/mol. The van der Waals surface area contributed by atoms with Crippen molar-refractivity contribution in [2.24, 2.45) is 0 Å². The van der Waals surface area contributed by atoms with Gasteiger partial charge in [-0.1, -0.05) is 12.1 Å². The largest absolute Gasteiger partial charge is 0.345 e. The Bertz CT molecular complexity index is 716. The fourth-order valence-electron chi connectivity index (χ4n) is 2.09. The molecule has 0 bridgehead atoms. The first-order chi connectivity index (χ1) is 8.72. The zero-order chi connectivity index (χ0) is 12.7. The molecule has 0 unspecified atom stereocenters. The maximum Gasteiger partial charge on any atom is 0.213 e. The third-order valence-electron chi connectivity index (χ3n) is 3.21. The Hall–Kier alpha value is -2.17. The van der Waals surface area contributed by atoms with Crippen molar-refractivity contribution < 1.29 is 0 Å². The van der Waals surface area contributed by atoms with Gasteiger partial charge in [-0.25, -0.2) is 9.38 Å². The molecule has 2 heterocycles. The van der Waals surface area contributed by atoms with Crippen molar-refractivity contribution in [3.8, 4) is 0 Å². The minimum atomic E-state index is 0.860.